The molecule has 1 aliphatic rings. The molecule has 1 fully saturated rings. The predicted molar refractivity (Wildman–Crippen MR) is 102 cm³/mol. The Balaban J connectivity index is 1.51. The third kappa shape index (κ3) is 5.06. The number of benzene rings is 1. The molecule has 0 spiro atoms. The molecule has 8 nitrogen and oxygen atoms in total. The number of carbonyl (C=O) groups excluding carboxylic acids is 2. The Labute approximate surface area is 159 Å². The lowest BCUT2D eigenvalue weighted by Crippen LogP contribution is -2.38. The summed E-state index contributed by atoms with van der Waals surface area (Å²) in [6.07, 6.45) is 4.16. The molecule has 0 bridgehead atoms. The summed E-state index contributed by atoms with van der Waals surface area (Å²) in [5, 5.41) is 9.56. The first-order valence-corrected chi connectivity index (χ1v) is 9.30. The van der Waals surface area contributed by atoms with Crippen LogP contribution < -0.4 is 10.6 Å². The number of hydrogen-bond acceptors (Lipinski definition) is 4. The van der Waals surface area contributed by atoms with Crippen molar-refractivity contribution in [3.8, 4) is 0 Å². The van der Waals surface area contributed by atoms with E-state index in [0.717, 1.165) is 31.8 Å². The Kier molecular flexibility index (Phi) is 6.05. The summed E-state index contributed by atoms with van der Waals surface area (Å²) < 4.78 is 1.68. The number of aromatic nitrogens is 3. The minimum Gasteiger partial charge on any atom is -0.339 e. The summed E-state index contributed by atoms with van der Waals surface area (Å²) >= 11 is 0. The molecule has 0 atom stereocenters. The van der Waals surface area contributed by atoms with Gasteiger partial charge in [-0.05, 0) is 37.0 Å². The number of anilines is 1. The first-order chi connectivity index (χ1) is 13.0. The van der Waals surface area contributed by atoms with Crippen LogP contribution in [0.2, 0.25) is 0 Å². The van der Waals surface area contributed by atoms with E-state index < -0.39 is 0 Å². The summed E-state index contributed by atoms with van der Waals surface area (Å²) in [6, 6.07) is 6.76. The fourth-order valence-corrected chi connectivity index (χ4v) is 3.13. The van der Waals surface area contributed by atoms with Crippen LogP contribution in [0, 0.1) is 5.92 Å². The van der Waals surface area contributed by atoms with Gasteiger partial charge < -0.3 is 15.5 Å². The van der Waals surface area contributed by atoms with Crippen molar-refractivity contribution in [3.63, 3.8) is 0 Å². The Morgan fingerprint density at radius 1 is 1.26 bits per heavy atom. The minimum absolute atomic E-state index is 0.0215. The smallest absolute Gasteiger partial charge is 0.319 e. The average Bonchev–Trinajstić information content (AvgIpc) is 3.07. The maximum Gasteiger partial charge on any atom is 0.319 e. The van der Waals surface area contributed by atoms with Crippen molar-refractivity contribution >= 4 is 17.6 Å². The molecule has 1 saturated heterocycles. The van der Waals surface area contributed by atoms with E-state index in [4.69, 9.17) is 0 Å². The van der Waals surface area contributed by atoms with Crippen molar-refractivity contribution in [2.45, 2.75) is 26.2 Å². The first kappa shape index (κ1) is 18.9. The first-order valence-electron chi connectivity index (χ1n) is 9.30. The summed E-state index contributed by atoms with van der Waals surface area (Å²) in [5.41, 5.74) is 1.20. The third-order valence-electron chi connectivity index (χ3n) is 4.88. The molecule has 3 rings (SSSR count). The molecule has 1 aromatic carbocycles. The Bertz CT molecular complexity index is 795. The number of rotatable bonds is 5. The second kappa shape index (κ2) is 8.66. The molecule has 0 saturated carbocycles. The predicted octanol–water partition coefficient (Wildman–Crippen LogP) is 2.05. The lowest BCUT2D eigenvalue weighted by Gasteiger charge is -2.30. The van der Waals surface area contributed by atoms with Crippen molar-refractivity contribution in [2.24, 2.45) is 13.0 Å². The highest BCUT2D eigenvalue weighted by molar-refractivity contribution is 5.97. The number of urea groups is 1. The van der Waals surface area contributed by atoms with E-state index >= 15 is 0 Å². The Hall–Kier alpha value is -2.90. The molecular weight excluding hydrogens is 344 g/mol. The highest BCUT2D eigenvalue weighted by Crippen LogP contribution is 2.19. The maximum atomic E-state index is 12.7. The lowest BCUT2D eigenvalue weighted by molar-refractivity contribution is 0.0697. The van der Waals surface area contributed by atoms with E-state index in [1.165, 1.54) is 6.33 Å². The summed E-state index contributed by atoms with van der Waals surface area (Å²) in [7, 11) is 1.81. The largest absolute Gasteiger partial charge is 0.339 e. The van der Waals surface area contributed by atoms with Gasteiger partial charge in [0, 0.05) is 44.4 Å². The molecule has 3 amide bonds. The quantitative estimate of drug-likeness (QED) is 0.843. The van der Waals surface area contributed by atoms with Crippen LogP contribution in [-0.2, 0) is 13.5 Å². The van der Waals surface area contributed by atoms with E-state index in [2.05, 4.69) is 27.6 Å². The molecule has 2 N–H and O–H groups in total. The SMILES string of the molecule is CC1CCN(C(=O)c2cccc(NC(=O)NCCc3ncnn3C)c2)CC1. The van der Waals surface area contributed by atoms with Crippen molar-refractivity contribution in [3.05, 3.63) is 42.0 Å². The van der Waals surface area contributed by atoms with Crippen LogP contribution in [0.15, 0.2) is 30.6 Å². The van der Waals surface area contributed by atoms with Gasteiger partial charge in [0.15, 0.2) is 0 Å². The number of aryl methyl sites for hydroxylation is 1. The molecule has 27 heavy (non-hydrogen) atoms. The van der Waals surface area contributed by atoms with Crippen LogP contribution in [0.3, 0.4) is 0 Å². The number of nitrogens with zero attached hydrogens (tertiary/aromatic N) is 4. The van der Waals surface area contributed by atoms with Gasteiger partial charge in [0.05, 0.1) is 0 Å². The van der Waals surface area contributed by atoms with Gasteiger partial charge in [0.1, 0.15) is 12.2 Å². The molecule has 8 heteroatoms. The van der Waals surface area contributed by atoms with Crippen molar-refractivity contribution in [1.82, 2.24) is 25.0 Å². The summed E-state index contributed by atoms with van der Waals surface area (Å²) in [4.78, 5) is 30.8. The molecule has 2 aromatic rings. The minimum atomic E-state index is -0.312. The van der Waals surface area contributed by atoms with Gasteiger partial charge in [-0.2, -0.15) is 5.10 Å². The van der Waals surface area contributed by atoms with Crippen LogP contribution >= 0.6 is 0 Å². The molecular formula is C19H26N6O2. The lowest BCUT2D eigenvalue weighted by atomic mass is 9.98. The molecule has 0 aliphatic carbocycles. The van der Waals surface area contributed by atoms with Gasteiger partial charge in [0.25, 0.3) is 5.91 Å². The number of amides is 3. The zero-order valence-corrected chi connectivity index (χ0v) is 15.8. The molecule has 0 radical (unpaired) electrons. The second-order valence-electron chi connectivity index (χ2n) is 6.99. The number of nitrogens with one attached hydrogen (secondary N) is 2. The molecule has 1 aliphatic heterocycles. The zero-order chi connectivity index (χ0) is 19.2. The molecule has 1 aromatic heterocycles. The van der Waals surface area contributed by atoms with Crippen LogP contribution in [0.1, 0.15) is 35.9 Å². The fourth-order valence-electron chi connectivity index (χ4n) is 3.13. The van der Waals surface area contributed by atoms with Crippen LogP contribution in [0.4, 0.5) is 10.5 Å². The van der Waals surface area contributed by atoms with Crippen LogP contribution in [0.5, 0.6) is 0 Å². The molecule has 0 unspecified atom stereocenters. The highest BCUT2D eigenvalue weighted by atomic mass is 16.2. The van der Waals surface area contributed by atoms with Gasteiger partial charge in [0.2, 0.25) is 0 Å². The Morgan fingerprint density at radius 3 is 2.74 bits per heavy atom. The Morgan fingerprint density at radius 2 is 2.04 bits per heavy atom. The van der Waals surface area contributed by atoms with Gasteiger partial charge in [-0.3, -0.25) is 9.48 Å². The third-order valence-corrected chi connectivity index (χ3v) is 4.88. The topological polar surface area (TPSA) is 92.2 Å². The van der Waals surface area contributed by atoms with Crippen LogP contribution in [-0.4, -0.2) is 51.2 Å². The van der Waals surface area contributed by atoms with Crippen molar-refractivity contribution in [1.29, 1.82) is 0 Å². The van der Waals surface area contributed by atoms with E-state index in [-0.39, 0.29) is 11.9 Å². The van der Waals surface area contributed by atoms with E-state index in [0.29, 0.717) is 30.1 Å². The van der Waals surface area contributed by atoms with Gasteiger partial charge in [-0.25, -0.2) is 9.78 Å². The molecule has 2 heterocycles. The standard InChI is InChI=1S/C19H26N6O2/c1-14-7-10-25(11-8-14)18(26)15-4-3-5-16(12-15)23-19(27)20-9-6-17-21-13-22-24(17)2/h3-5,12-14H,6-11H2,1-2H3,(H2,20,23,27). The van der Waals surface area contributed by atoms with Crippen LogP contribution in [0.25, 0.3) is 0 Å². The normalized spacial score (nSPS) is 14.8. The van der Waals surface area contributed by atoms with E-state index in [1.54, 1.807) is 28.9 Å². The van der Waals surface area contributed by atoms with E-state index in [9.17, 15) is 9.59 Å². The summed E-state index contributed by atoms with van der Waals surface area (Å²) in [6.45, 7) is 4.25. The van der Waals surface area contributed by atoms with Crippen molar-refractivity contribution < 1.29 is 9.59 Å². The zero-order valence-electron chi connectivity index (χ0n) is 15.8. The maximum absolute atomic E-state index is 12.7. The monoisotopic (exact) mass is 370 g/mol. The van der Waals surface area contributed by atoms with E-state index in [1.807, 2.05) is 11.9 Å². The van der Waals surface area contributed by atoms with Crippen molar-refractivity contribution in [2.75, 3.05) is 25.0 Å². The average molecular weight is 370 g/mol. The number of carbonyl (C=O) groups is 2. The molecule has 144 valence electrons. The number of hydrogen-bond donors (Lipinski definition) is 2. The number of likely N-dealkylation sites (tertiary alicyclic amines) is 1. The van der Waals surface area contributed by atoms with Gasteiger partial charge in [-0.1, -0.05) is 13.0 Å². The van der Waals surface area contributed by atoms with Gasteiger partial charge >= 0.3 is 6.03 Å². The number of piperidine rings is 1. The fraction of sp³-hybridized carbons (Fsp3) is 0.474. The second-order valence-corrected chi connectivity index (χ2v) is 6.99. The van der Waals surface area contributed by atoms with Gasteiger partial charge in [-0.15, -0.1) is 0 Å². The summed E-state index contributed by atoms with van der Waals surface area (Å²) in [5.74, 6) is 1.50. The highest BCUT2D eigenvalue weighted by Gasteiger charge is 2.21.